The maximum atomic E-state index is 6.17. The molecule has 1 aliphatic carbocycles. The number of pyridine rings is 1. The van der Waals surface area contributed by atoms with Gasteiger partial charge in [0.25, 0.3) is 0 Å². The third-order valence-electron chi connectivity index (χ3n) is 3.99. The number of anilines is 1. The highest BCUT2D eigenvalue weighted by Crippen LogP contribution is 2.36. The molecule has 3 rings (SSSR count). The second-order valence-electron chi connectivity index (χ2n) is 5.19. The first-order valence-electron chi connectivity index (χ1n) is 6.52. The molecule has 3 heteroatoms. The van der Waals surface area contributed by atoms with Crippen LogP contribution in [0.4, 0.5) is 5.69 Å². The number of aromatic nitrogens is 1. The maximum Gasteiger partial charge on any atom is 0.0770 e. The lowest BCUT2D eigenvalue weighted by molar-refractivity contribution is 0.701. The number of nitrogens with zero attached hydrogens (tertiary/aromatic N) is 1. The van der Waals surface area contributed by atoms with Crippen LogP contribution in [0.15, 0.2) is 18.2 Å². The first-order valence-corrected chi connectivity index (χ1v) is 6.90. The van der Waals surface area contributed by atoms with Crippen molar-refractivity contribution in [2.45, 2.75) is 38.5 Å². The Morgan fingerprint density at radius 1 is 1.28 bits per heavy atom. The van der Waals surface area contributed by atoms with Gasteiger partial charge in [-0.2, -0.15) is 0 Å². The first-order chi connectivity index (χ1) is 8.66. The fourth-order valence-electron chi connectivity index (χ4n) is 2.88. The van der Waals surface area contributed by atoms with Crippen LogP contribution in [0.3, 0.4) is 0 Å². The molecule has 0 unspecified atom stereocenters. The maximum absolute atomic E-state index is 6.17. The molecule has 1 saturated carbocycles. The minimum Gasteiger partial charge on any atom is -0.398 e. The van der Waals surface area contributed by atoms with E-state index in [4.69, 9.17) is 22.3 Å². The fraction of sp³-hybridized carbons (Fsp3) is 0.400. The summed E-state index contributed by atoms with van der Waals surface area (Å²) in [6.07, 6.45) is 5.08. The van der Waals surface area contributed by atoms with E-state index in [1.54, 1.807) is 0 Å². The molecule has 0 aliphatic heterocycles. The van der Waals surface area contributed by atoms with Gasteiger partial charge in [0.15, 0.2) is 0 Å². The van der Waals surface area contributed by atoms with Gasteiger partial charge in [-0.1, -0.05) is 24.4 Å². The van der Waals surface area contributed by atoms with Gasteiger partial charge in [0.1, 0.15) is 0 Å². The van der Waals surface area contributed by atoms with Crippen molar-refractivity contribution in [2.75, 3.05) is 5.73 Å². The molecule has 2 N–H and O–H groups in total. The number of nitrogen functional groups attached to an aromatic ring is 1. The summed E-state index contributed by atoms with van der Waals surface area (Å²) >= 11 is 6.17. The van der Waals surface area contributed by atoms with Crippen LogP contribution in [0.25, 0.3) is 10.9 Å². The van der Waals surface area contributed by atoms with E-state index in [0.29, 0.717) is 5.92 Å². The van der Waals surface area contributed by atoms with Gasteiger partial charge in [-0.3, -0.25) is 4.98 Å². The van der Waals surface area contributed by atoms with Crippen LogP contribution in [0.2, 0.25) is 5.02 Å². The number of nitrogens with two attached hydrogens (primary N) is 1. The summed E-state index contributed by atoms with van der Waals surface area (Å²) in [6, 6.07) is 5.91. The van der Waals surface area contributed by atoms with E-state index in [1.165, 1.54) is 25.7 Å². The number of fused-ring (bicyclic) bond motifs is 1. The molecule has 94 valence electrons. The van der Waals surface area contributed by atoms with Gasteiger partial charge in [0, 0.05) is 27.7 Å². The largest absolute Gasteiger partial charge is 0.398 e. The predicted molar refractivity (Wildman–Crippen MR) is 77.1 cm³/mol. The van der Waals surface area contributed by atoms with Gasteiger partial charge in [-0.25, -0.2) is 0 Å². The van der Waals surface area contributed by atoms with E-state index in [2.05, 4.69) is 0 Å². The fourth-order valence-corrected chi connectivity index (χ4v) is 3.03. The topological polar surface area (TPSA) is 38.9 Å². The summed E-state index contributed by atoms with van der Waals surface area (Å²) in [5.41, 5.74) is 10.1. The van der Waals surface area contributed by atoms with Crippen LogP contribution in [-0.4, -0.2) is 4.98 Å². The van der Waals surface area contributed by atoms with Crippen LogP contribution < -0.4 is 5.73 Å². The molecule has 0 atom stereocenters. The summed E-state index contributed by atoms with van der Waals surface area (Å²) in [7, 11) is 0. The van der Waals surface area contributed by atoms with E-state index in [9.17, 15) is 0 Å². The summed E-state index contributed by atoms with van der Waals surface area (Å²) in [5, 5.41) is 1.77. The molecule has 0 spiro atoms. The zero-order valence-electron chi connectivity index (χ0n) is 10.5. The zero-order chi connectivity index (χ0) is 12.7. The van der Waals surface area contributed by atoms with Crippen LogP contribution in [0.1, 0.15) is 42.9 Å². The first kappa shape index (κ1) is 11.8. The van der Waals surface area contributed by atoms with Crippen LogP contribution in [0, 0.1) is 6.92 Å². The molecule has 1 fully saturated rings. The Bertz CT molecular complexity index is 601. The Kier molecular flexibility index (Phi) is 2.90. The van der Waals surface area contributed by atoms with Crippen molar-refractivity contribution in [3.8, 4) is 0 Å². The molecule has 1 aromatic heterocycles. The Morgan fingerprint density at radius 2 is 2.00 bits per heavy atom. The molecule has 1 aromatic carbocycles. The van der Waals surface area contributed by atoms with Crippen LogP contribution in [0.5, 0.6) is 0 Å². The molecule has 1 aliphatic rings. The van der Waals surface area contributed by atoms with Crippen molar-refractivity contribution in [1.29, 1.82) is 0 Å². The lowest BCUT2D eigenvalue weighted by Gasteiger charge is -2.13. The van der Waals surface area contributed by atoms with Crippen molar-refractivity contribution in [1.82, 2.24) is 4.98 Å². The number of hydrogen-bond acceptors (Lipinski definition) is 2. The van der Waals surface area contributed by atoms with Crippen molar-refractivity contribution in [3.05, 3.63) is 34.5 Å². The quantitative estimate of drug-likeness (QED) is 0.823. The molecular weight excluding hydrogens is 244 g/mol. The third-order valence-corrected chi connectivity index (χ3v) is 4.40. The van der Waals surface area contributed by atoms with Crippen molar-refractivity contribution < 1.29 is 0 Å². The van der Waals surface area contributed by atoms with E-state index in [-0.39, 0.29) is 0 Å². The molecule has 0 radical (unpaired) electrons. The molecule has 0 saturated heterocycles. The highest BCUT2D eigenvalue weighted by atomic mass is 35.5. The van der Waals surface area contributed by atoms with Gasteiger partial charge in [0.2, 0.25) is 0 Å². The van der Waals surface area contributed by atoms with E-state index >= 15 is 0 Å². The van der Waals surface area contributed by atoms with Gasteiger partial charge in [-0.15, -0.1) is 0 Å². The van der Waals surface area contributed by atoms with Gasteiger partial charge in [0.05, 0.1) is 5.52 Å². The van der Waals surface area contributed by atoms with Gasteiger partial charge < -0.3 is 5.73 Å². The summed E-state index contributed by atoms with van der Waals surface area (Å²) in [5.74, 6) is 0.579. The molecule has 0 bridgehead atoms. The number of hydrogen-bond donors (Lipinski definition) is 1. The Hall–Kier alpha value is -1.28. The summed E-state index contributed by atoms with van der Waals surface area (Å²) in [6.45, 7) is 2.01. The van der Waals surface area contributed by atoms with Crippen molar-refractivity contribution >= 4 is 28.2 Å². The normalized spacial score (nSPS) is 16.6. The standard InChI is InChI=1S/C15H17ClN2/c1-9-12(16)7-6-11-13(17)8-14(18-15(9)11)10-4-2-3-5-10/h6-8,10H,2-5H2,1H3,(H2,17,18). The van der Waals surface area contributed by atoms with E-state index in [1.807, 2.05) is 25.1 Å². The number of halogens is 1. The average molecular weight is 261 g/mol. The van der Waals surface area contributed by atoms with Crippen LogP contribution >= 0.6 is 11.6 Å². The highest BCUT2D eigenvalue weighted by molar-refractivity contribution is 6.32. The predicted octanol–water partition coefficient (Wildman–Crippen LogP) is 4.44. The molecule has 1 heterocycles. The SMILES string of the molecule is Cc1c(Cl)ccc2c(N)cc(C3CCCC3)nc12. The number of benzene rings is 1. The Morgan fingerprint density at radius 3 is 2.72 bits per heavy atom. The number of rotatable bonds is 1. The zero-order valence-corrected chi connectivity index (χ0v) is 11.3. The third kappa shape index (κ3) is 1.85. The van der Waals surface area contributed by atoms with Crippen LogP contribution in [-0.2, 0) is 0 Å². The second kappa shape index (κ2) is 4.43. The van der Waals surface area contributed by atoms with E-state index in [0.717, 1.165) is 32.9 Å². The van der Waals surface area contributed by atoms with E-state index < -0.39 is 0 Å². The molecular formula is C15H17ClN2. The Balaban J connectivity index is 2.21. The number of aryl methyl sites for hydroxylation is 1. The Labute approximate surface area is 112 Å². The molecule has 0 amide bonds. The average Bonchev–Trinajstić information content (AvgIpc) is 2.88. The lowest BCUT2D eigenvalue weighted by atomic mass is 10.0. The minimum absolute atomic E-state index is 0.579. The van der Waals surface area contributed by atoms with Crippen molar-refractivity contribution in [3.63, 3.8) is 0 Å². The monoisotopic (exact) mass is 260 g/mol. The molecule has 2 nitrogen and oxygen atoms in total. The lowest BCUT2D eigenvalue weighted by Crippen LogP contribution is -2.01. The summed E-state index contributed by atoms with van der Waals surface area (Å²) < 4.78 is 0. The highest BCUT2D eigenvalue weighted by Gasteiger charge is 2.20. The molecule has 18 heavy (non-hydrogen) atoms. The molecule has 2 aromatic rings. The van der Waals surface area contributed by atoms with Gasteiger partial charge >= 0.3 is 0 Å². The van der Waals surface area contributed by atoms with Crippen molar-refractivity contribution in [2.24, 2.45) is 0 Å². The van der Waals surface area contributed by atoms with Gasteiger partial charge in [-0.05, 0) is 43.5 Å². The smallest absolute Gasteiger partial charge is 0.0770 e. The minimum atomic E-state index is 0.579. The second-order valence-corrected chi connectivity index (χ2v) is 5.59. The summed E-state index contributed by atoms with van der Waals surface area (Å²) in [4.78, 5) is 4.81.